The molecule has 9 heteroatoms. The van der Waals surface area contributed by atoms with Gasteiger partial charge in [-0.15, -0.1) is 0 Å². The van der Waals surface area contributed by atoms with Crippen LogP contribution in [0.15, 0.2) is 47.5 Å². The SMILES string of the molecule is CCN(CC)CCCNC(=S)NC1N=C(c2ccccc2Cl)c2cc(Cl)ccc2N(C)C1=O. The summed E-state index contributed by atoms with van der Waals surface area (Å²) in [5.74, 6) is -0.229. The first-order chi connectivity index (χ1) is 15.8. The van der Waals surface area contributed by atoms with E-state index in [1.54, 1.807) is 30.1 Å². The van der Waals surface area contributed by atoms with Gasteiger partial charge in [-0.05, 0) is 62.5 Å². The van der Waals surface area contributed by atoms with Gasteiger partial charge in [-0.25, -0.2) is 4.99 Å². The summed E-state index contributed by atoms with van der Waals surface area (Å²) in [7, 11) is 1.72. The molecule has 2 aromatic rings. The second kappa shape index (κ2) is 11.8. The van der Waals surface area contributed by atoms with Gasteiger partial charge in [-0.2, -0.15) is 0 Å². The molecule has 1 heterocycles. The second-order valence-corrected chi connectivity index (χ2v) is 8.95. The topological polar surface area (TPSA) is 60.0 Å². The Morgan fingerprint density at radius 2 is 1.88 bits per heavy atom. The van der Waals surface area contributed by atoms with Crippen LogP contribution < -0.4 is 15.5 Å². The summed E-state index contributed by atoms with van der Waals surface area (Å²) in [6, 6.07) is 12.8. The van der Waals surface area contributed by atoms with Gasteiger partial charge in [0.15, 0.2) is 5.11 Å². The summed E-state index contributed by atoms with van der Waals surface area (Å²) in [4.78, 5) is 22.0. The number of hydrogen-bond donors (Lipinski definition) is 2. The molecule has 0 radical (unpaired) electrons. The molecular formula is C24H29Cl2N5OS. The lowest BCUT2D eigenvalue weighted by atomic mass is 10.00. The predicted molar refractivity (Wildman–Crippen MR) is 142 cm³/mol. The highest BCUT2D eigenvalue weighted by Gasteiger charge is 2.31. The molecule has 3 rings (SSSR count). The van der Waals surface area contributed by atoms with Crippen LogP contribution in [0.5, 0.6) is 0 Å². The van der Waals surface area contributed by atoms with Crippen LogP contribution in [0.4, 0.5) is 5.69 Å². The van der Waals surface area contributed by atoms with Gasteiger partial charge in [0.25, 0.3) is 5.91 Å². The van der Waals surface area contributed by atoms with Crippen molar-refractivity contribution in [2.75, 3.05) is 38.1 Å². The van der Waals surface area contributed by atoms with Crippen LogP contribution in [0.1, 0.15) is 31.4 Å². The Morgan fingerprint density at radius 1 is 1.15 bits per heavy atom. The molecule has 6 nitrogen and oxygen atoms in total. The number of rotatable bonds is 8. The molecule has 0 bridgehead atoms. The fourth-order valence-corrected chi connectivity index (χ4v) is 4.34. The van der Waals surface area contributed by atoms with Gasteiger partial charge in [-0.3, -0.25) is 4.79 Å². The van der Waals surface area contributed by atoms with Crippen molar-refractivity contribution in [2.24, 2.45) is 4.99 Å². The van der Waals surface area contributed by atoms with E-state index in [4.69, 9.17) is 40.4 Å². The lowest BCUT2D eigenvalue weighted by Crippen LogP contribution is -2.49. The first-order valence-corrected chi connectivity index (χ1v) is 12.2. The average molecular weight is 507 g/mol. The Morgan fingerprint density at radius 3 is 2.58 bits per heavy atom. The van der Waals surface area contributed by atoms with Crippen LogP contribution >= 0.6 is 35.4 Å². The molecule has 176 valence electrons. The number of fused-ring (bicyclic) bond motifs is 1. The zero-order chi connectivity index (χ0) is 24.0. The third-order valence-electron chi connectivity index (χ3n) is 5.63. The number of nitrogens with zero attached hydrogens (tertiary/aromatic N) is 3. The van der Waals surface area contributed by atoms with Crippen LogP contribution in [0.3, 0.4) is 0 Å². The van der Waals surface area contributed by atoms with Crippen molar-refractivity contribution >= 4 is 57.8 Å². The van der Waals surface area contributed by atoms with E-state index in [9.17, 15) is 4.79 Å². The van der Waals surface area contributed by atoms with Crippen molar-refractivity contribution in [3.8, 4) is 0 Å². The number of halogens is 2. The molecule has 33 heavy (non-hydrogen) atoms. The van der Waals surface area contributed by atoms with Crippen LogP contribution in [0.25, 0.3) is 0 Å². The van der Waals surface area contributed by atoms with Gasteiger partial charge >= 0.3 is 0 Å². The largest absolute Gasteiger partial charge is 0.363 e. The zero-order valence-electron chi connectivity index (χ0n) is 19.1. The Labute approximate surface area is 211 Å². The van der Waals surface area contributed by atoms with E-state index in [-0.39, 0.29) is 5.91 Å². The number of carbonyl (C=O) groups excluding carboxylic acids is 1. The molecule has 0 spiro atoms. The normalized spacial score (nSPS) is 15.7. The number of benzene rings is 2. The highest BCUT2D eigenvalue weighted by Crippen LogP contribution is 2.31. The fourth-order valence-electron chi connectivity index (χ4n) is 3.73. The molecule has 0 fully saturated rings. The van der Waals surface area contributed by atoms with E-state index in [2.05, 4.69) is 29.4 Å². The molecule has 1 unspecified atom stereocenters. The van der Waals surface area contributed by atoms with Crippen molar-refractivity contribution < 1.29 is 4.79 Å². The van der Waals surface area contributed by atoms with Crippen molar-refractivity contribution in [1.82, 2.24) is 15.5 Å². The summed E-state index contributed by atoms with van der Waals surface area (Å²) in [5.41, 5.74) is 2.73. The molecule has 1 aliphatic heterocycles. The summed E-state index contributed by atoms with van der Waals surface area (Å²) < 4.78 is 0. The highest BCUT2D eigenvalue weighted by atomic mass is 35.5. The number of likely N-dealkylation sites (N-methyl/N-ethyl adjacent to an activating group) is 1. The fraction of sp³-hybridized carbons (Fsp3) is 0.375. The molecule has 1 atom stereocenters. The van der Waals surface area contributed by atoms with E-state index in [0.29, 0.717) is 33.1 Å². The van der Waals surface area contributed by atoms with Crippen molar-refractivity contribution in [1.29, 1.82) is 0 Å². The third kappa shape index (κ3) is 6.23. The predicted octanol–water partition coefficient (Wildman–Crippen LogP) is 4.33. The molecule has 1 amide bonds. The molecule has 1 aliphatic rings. The summed E-state index contributed by atoms with van der Waals surface area (Å²) >= 11 is 18.3. The second-order valence-electron chi connectivity index (χ2n) is 7.70. The Bertz CT molecular complexity index is 1040. The minimum absolute atomic E-state index is 0.229. The number of carbonyl (C=O) groups is 1. The first-order valence-electron chi connectivity index (χ1n) is 11.0. The number of thiocarbonyl (C=S) groups is 1. The van der Waals surface area contributed by atoms with Crippen LogP contribution in [0.2, 0.25) is 10.0 Å². The molecule has 0 saturated heterocycles. The van der Waals surface area contributed by atoms with Crippen molar-refractivity contribution in [2.45, 2.75) is 26.4 Å². The maximum absolute atomic E-state index is 13.3. The van der Waals surface area contributed by atoms with Crippen molar-refractivity contribution in [3.05, 3.63) is 63.6 Å². The number of benzodiazepines with no additional fused rings is 1. The van der Waals surface area contributed by atoms with Crippen molar-refractivity contribution in [3.63, 3.8) is 0 Å². The van der Waals surface area contributed by atoms with Gasteiger partial charge < -0.3 is 20.4 Å². The Hall–Kier alpha value is -2.19. The number of amides is 1. The zero-order valence-corrected chi connectivity index (χ0v) is 21.4. The summed E-state index contributed by atoms with van der Waals surface area (Å²) in [6.07, 6.45) is 0.0373. The molecule has 0 aliphatic carbocycles. The molecule has 2 aromatic carbocycles. The van der Waals surface area contributed by atoms with E-state index >= 15 is 0 Å². The van der Waals surface area contributed by atoms with Gasteiger partial charge in [0.1, 0.15) is 0 Å². The number of anilines is 1. The maximum Gasteiger partial charge on any atom is 0.272 e. The molecular weight excluding hydrogens is 477 g/mol. The average Bonchev–Trinajstić information content (AvgIpc) is 2.90. The van der Waals surface area contributed by atoms with E-state index < -0.39 is 6.17 Å². The maximum atomic E-state index is 13.3. The standard InChI is InChI=1S/C24H29Cl2N5OS/c1-4-31(5-2)14-8-13-27-24(33)29-22-23(32)30(3)20-12-11-16(25)15-18(20)21(28-22)17-9-6-7-10-19(17)26/h6-7,9-12,15,22H,4-5,8,13-14H2,1-3H3,(H2,27,29,33). The highest BCUT2D eigenvalue weighted by molar-refractivity contribution is 7.80. The van der Waals surface area contributed by atoms with E-state index in [1.165, 1.54) is 0 Å². The van der Waals surface area contributed by atoms with Gasteiger partial charge in [0, 0.05) is 34.8 Å². The Balaban J connectivity index is 1.85. The molecule has 0 aromatic heterocycles. The summed E-state index contributed by atoms with van der Waals surface area (Å²) in [5, 5.41) is 7.73. The minimum atomic E-state index is -0.907. The summed E-state index contributed by atoms with van der Waals surface area (Å²) in [6.45, 7) is 8.03. The van der Waals surface area contributed by atoms with Gasteiger partial charge in [0.05, 0.1) is 11.4 Å². The molecule has 0 saturated carbocycles. The number of hydrogen-bond acceptors (Lipinski definition) is 4. The molecule has 2 N–H and O–H groups in total. The van der Waals surface area contributed by atoms with Gasteiger partial charge in [-0.1, -0.05) is 55.2 Å². The quantitative estimate of drug-likeness (QED) is 0.413. The monoisotopic (exact) mass is 505 g/mol. The van der Waals surface area contributed by atoms with E-state index in [0.717, 1.165) is 37.2 Å². The van der Waals surface area contributed by atoms with Crippen LogP contribution in [-0.4, -0.2) is 61.0 Å². The lowest BCUT2D eigenvalue weighted by Gasteiger charge is -2.22. The van der Waals surface area contributed by atoms with Crippen LogP contribution in [0, 0.1) is 0 Å². The third-order valence-corrected chi connectivity index (χ3v) is 6.45. The van der Waals surface area contributed by atoms with Crippen LogP contribution in [-0.2, 0) is 4.79 Å². The smallest absolute Gasteiger partial charge is 0.272 e. The van der Waals surface area contributed by atoms with E-state index in [1.807, 2.05) is 24.3 Å². The van der Waals surface area contributed by atoms with Gasteiger partial charge in [0.2, 0.25) is 6.17 Å². The number of nitrogens with one attached hydrogen (secondary N) is 2. The Kier molecular flexibility index (Phi) is 9.09. The number of aliphatic imine (C=N–C) groups is 1. The lowest BCUT2D eigenvalue weighted by molar-refractivity contribution is -0.119. The minimum Gasteiger partial charge on any atom is -0.363 e. The first kappa shape index (κ1) is 25.4.